The van der Waals surface area contributed by atoms with Crippen LogP contribution in [0.25, 0.3) is 0 Å². The number of esters is 1. The zero-order chi connectivity index (χ0) is 25.1. The van der Waals surface area contributed by atoms with Crippen molar-refractivity contribution in [2.45, 2.75) is 13.8 Å². The van der Waals surface area contributed by atoms with Gasteiger partial charge in [0, 0.05) is 30.1 Å². The molecular formula is C23H28N2O8. The van der Waals surface area contributed by atoms with Crippen molar-refractivity contribution in [3.05, 3.63) is 64.5 Å². The summed E-state index contributed by atoms with van der Waals surface area (Å²) in [5.41, 5.74) is 2.26. The third-order valence-corrected chi connectivity index (χ3v) is 4.29. The number of nitrogens with zero attached hydrogens (tertiary/aromatic N) is 1. The molecule has 0 unspecified atom stereocenters. The normalized spacial score (nSPS) is 10.5. The third-order valence-electron chi connectivity index (χ3n) is 4.29. The molecule has 0 bridgehead atoms. The van der Waals surface area contributed by atoms with E-state index in [2.05, 4.69) is 4.98 Å². The fourth-order valence-electron chi connectivity index (χ4n) is 2.82. The quantitative estimate of drug-likeness (QED) is 0.291. The first kappa shape index (κ1) is 27.1. The molecule has 0 atom stereocenters. The Morgan fingerprint density at radius 1 is 0.970 bits per heavy atom. The maximum absolute atomic E-state index is 13.1. The standard InChI is InChI=1S/C19H24N2O4.C4H4O4/c1-12-16(17(13(2)20-12)19(23)24-5)18(22)14-8-6-7-9-15(14)25-11-10-21(3)4;5-3(6)1-2-4(7)8/h6-9,20H,10-11H2,1-5H3;1-2H,(H,5,6)(H,7,8). The first-order valence-electron chi connectivity index (χ1n) is 9.82. The van der Waals surface area contributed by atoms with Gasteiger partial charge in [0.05, 0.1) is 23.8 Å². The second-order valence-corrected chi connectivity index (χ2v) is 7.10. The number of hydrogen-bond acceptors (Lipinski definition) is 7. The number of likely N-dealkylation sites (N-methyl/N-ethyl adjacent to an activating group) is 1. The number of carboxylic acid groups (broad SMARTS) is 2. The van der Waals surface area contributed by atoms with Crippen molar-refractivity contribution >= 4 is 23.7 Å². The molecule has 0 aliphatic carbocycles. The van der Waals surface area contributed by atoms with Crippen molar-refractivity contribution in [1.29, 1.82) is 0 Å². The van der Waals surface area contributed by atoms with E-state index in [1.54, 1.807) is 32.0 Å². The number of rotatable bonds is 9. The summed E-state index contributed by atoms with van der Waals surface area (Å²) in [4.78, 5) is 49.4. The summed E-state index contributed by atoms with van der Waals surface area (Å²) in [6.07, 6.45) is 1.12. The molecule has 0 saturated heterocycles. The van der Waals surface area contributed by atoms with Crippen LogP contribution in [0.3, 0.4) is 0 Å². The monoisotopic (exact) mass is 460 g/mol. The molecule has 1 aromatic heterocycles. The zero-order valence-electron chi connectivity index (χ0n) is 19.2. The van der Waals surface area contributed by atoms with Crippen LogP contribution in [-0.4, -0.2) is 78.1 Å². The number of H-pyrrole nitrogens is 1. The number of aromatic amines is 1. The minimum absolute atomic E-state index is 0.261. The summed E-state index contributed by atoms with van der Waals surface area (Å²) in [6.45, 7) is 4.71. The average Bonchev–Trinajstić information content (AvgIpc) is 3.05. The molecule has 0 aliphatic rings. The van der Waals surface area contributed by atoms with Gasteiger partial charge >= 0.3 is 17.9 Å². The Kier molecular flexibility index (Phi) is 10.5. The van der Waals surface area contributed by atoms with Crippen LogP contribution in [0.15, 0.2) is 36.4 Å². The summed E-state index contributed by atoms with van der Waals surface area (Å²) < 4.78 is 10.6. The first-order valence-corrected chi connectivity index (χ1v) is 9.82. The highest BCUT2D eigenvalue weighted by molar-refractivity contribution is 6.17. The van der Waals surface area contributed by atoms with Crippen molar-refractivity contribution in [3.8, 4) is 5.75 Å². The number of carboxylic acids is 2. The fourth-order valence-corrected chi connectivity index (χ4v) is 2.82. The minimum atomic E-state index is -1.26. The van der Waals surface area contributed by atoms with Crippen LogP contribution in [0.1, 0.15) is 37.7 Å². The number of nitrogens with one attached hydrogen (secondary N) is 1. The maximum Gasteiger partial charge on any atom is 0.340 e. The lowest BCUT2D eigenvalue weighted by Gasteiger charge is -2.14. The van der Waals surface area contributed by atoms with E-state index in [1.807, 2.05) is 25.1 Å². The van der Waals surface area contributed by atoms with E-state index in [0.29, 0.717) is 47.0 Å². The number of hydrogen-bond donors (Lipinski definition) is 3. The van der Waals surface area contributed by atoms with Crippen LogP contribution in [0.5, 0.6) is 5.75 Å². The van der Waals surface area contributed by atoms with Gasteiger partial charge in [-0.25, -0.2) is 14.4 Å². The summed E-state index contributed by atoms with van der Waals surface area (Å²) in [5.74, 6) is -2.80. The Hall–Kier alpha value is -3.92. The number of aromatic nitrogens is 1. The second kappa shape index (κ2) is 12.8. The van der Waals surface area contributed by atoms with Crippen molar-refractivity contribution in [3.63, 3.8) is 0 Å². The van der Waals surface area contributed by atoms with Gasteiger partial charge in [0.15, 0.2) is 5.78 Å². The van der Waals surface area contributed by atoms with E-state index in [4.69, 9.17) is 19.7 Å². The van der Waals surface area contributed by atoms with Crippen molar-refractivity contribution in [2.24, 2.45) is 0 Å². The van der Waals surface area contributed by atoms with E-state index in [1.165, 1.54) is 7.11 Å². The number of aliphatic carboxylic acids is 2. The molecule has 0 amide bonds. The number of para-hydroxylation sites is 1. The number of ketones is 1. The zero-order valence-corrected chi connectivity index (χ0v) is 19.2. The molecule has 1 heterocycles. The first-order chi connectivity index (χ1) is 15.5. The molecule has 0 aliphatic heterocycles. The minimum Gasteiger partial charge on any atom is -0.491 e. The Labute approximate surface area is 191 Å². The highest BCUT2D eigenvalue weighted by atomic mass is 16.5. The van der Waals surface area contributed by atoms with Gasteiger partial charge in [0.25, 0.3) is 0 Å². The number of benzene rings is 1. The van der Waals surface area contributed by atoms with Crippen molar-refractivity contribution in [1.82, 2.24) is 9.88 Å². The van der Waals surface area contributed by atoms with Gasteiger partial charge in [-0.2, -0.15) is 0 Å². The molecule has 0 fully saturated rings. The summed E-state index contributed by atoms with van der Waals surface area (Å²) in [5, 5.41) is 15.6. The SMILES string of the molecule is COC(=O)c1c(C)[nH]c(C)c1C(=O)c1ccccc1OCCN(C)C.O=C(O)C=CC(=O)O. The second-order valence-electron chi connectivity index (χ2n) is 7.10. The van der Waals surface area contributed by atoms with E-state index >= 15 is 0 Å². The van der Waals surface area contributed by atoms with Crippen LogP contribution >= 0.6 is 0 Å². The summed E-state index contributed by atoms with van der Waals surface area (Å²) in [6, 6.07) is 7.06. The lowest BCUT2D eigenvalue weighted by atomic mass is 9.98. The molecule has 3 N–H and O–H groups in total. The molecule has 10 heteroatoms. The van der Waals surface area contributed by atoms with Gasteiger partial charge < -0.3 is 29.6 Å². The Morgan fingerprint density at radius 2 is 1.52 bits per heavy atom. The summed E-state index contributed by atoms with van der Waals surface area (Å²) in [7, 11) is 5.21. The number of aryl methyl sites for hydroxylation is 2. The van der Waals surface area contributed by atoms with Crippen LogP contribution in [0.4, 0.5) is 0 Å². The Bertz CT molecular complexity index is 1020. The molecule has 0 spiro atoms. The average molecular weight is 460 g/mol. The highest BCUT2D eigenvalue weighted by Gasteiger charge is 2.27. The number of ether oxygens (including phenoxy) is 2. The number of carbonyl (C=O) groups excluding carboxylic acids is 2. The van der Waals surface area contributed by atoms with Crippen molar-refractivity contribution in [2.75, 3.05) is 34.4 Å². The van der Waals surface area contributed by atoms with Gasteiger partial charge in [-0.1, -0.05) is 12.1 Å². The lowest BCUT2D eigenvalue weighted by molar-refractivity contribution is -0.134. The van der Waals surface area contributed by atoms with Crippen LogP contribution in [0, 0.1) is 13.8 Å². The van der Waals surface area contributed by atoms with E-state index < -0.39 is 17.9 Å². The molecule has 1 aromatic carbocycles. The van der Waals surface area contributed by atoms with Gasteiger partial charge in [0.1, 0.15) is 12.4 Å². The molecule has 2 rings (SSSR count). The molecule has 2 aromatic rings. The van der Waals surface area contributed by atoms with Crippen LogP contribution < -0.4 is 4.74 Å². The molecule has 10 nitrogen and oxygen atoms in total. The summed E-state index contributed by atoms with van der Waals surface area (Å²) >= 11 is 0. The molecular weight excluding hydrogens is 432 g/mol. The van der Waals surface area contributed by atoms with E-state index in [-0.39, 0.29) is 11.3 Å². The number of methoxy groups -OCH3 is 1. The van der Waals surface area contributed by atoms with Crippen LogP contribution in [-0.2, 0) is 14.3 Å². The Morgan fingerprint density at radius 3 is 2.03 bits per heavy atom. The van der Waals surface area contributed by atoms with Gasteiger partial charge in [-0.15, -0.1) is 0 Å². The fraction of sp³-hybridized carbons (Fsp3) is 0.304. The van der Waals surface area contributed by atoms with E-state index in [0.717, 1.165) is 6.54 Å². The van der Waals surface area contributed by atoms with Gasteiger partial charge in [-0.3, -0.25) is 4.79 Å². The largest absolute Gasteiger partial charge is 0.491 e. The third kappa shape index (κ3) is 8.26. The highest BCUT2D eigenvalue weighted by Crippen LogP contribution is 2.27. The molecule has 0 radical (unpaired) electrons. The Balaban J connectivity index is 0.000000582. The molecule has 0 saturated carbocycles. The lowest BCUT2D eigenvalue weighted by Crippen LogP contribution is -2.20. The predicted molar refractivity (Wildman–Crippen MR) is 120 cm³/mol. The molecule has 178 valence electrons. The number of carbonyl (C=O) groups is 4. The van der Waals surface area contributed by atoms with Gasteiger partial charge in [0.2, 0.25) is 0 Å². The predicted octanol–water partition coefficient (Wildman–Crippen LogP) is 2.30. The van der Waals surface area contributed by atoms with Gasteiger partial charge in [-0.05, 0) is 40.1 Å². The smallest absolute Gasteiger partial charge is 0.340 e. The van der Waals surface area contributed by atoms with Crippen molar-refractivity contribution < 1.29 is 38.9 Å². The molecule has 33 heavy (non-hydrogen) atoms. The van der Waals surface area contributed by atoms with Crippen LogP contribution in [0.2, 0.25) is 0 Å². The maximum atomic E-state index is 13.1. The van der Waals surface area contributed by atoms with E-state index in [9.17, 15) is 19.2 Å². The topological polar surface area (TPSA) is 146 Å².